The summed E-state index contributed by atoms with van der Waals surface area (Å²) >= 11 is 0. The number of rotatable bonds is 2. The Labute approximate surface area is 146 Å². The minimum absolute atomic E-state index is 0.181. The van der Waals surface area contributed by atoms with Crippen molar-refractivity contribution in [2.75, 3.05) is 23.3 Å². The van der Waals surface area contributed by atoms with Gasteiger partial charge in [0.2, 0.25) is 0 Å². The average molecular weight is 359 g/mol. The minimum Gasteiger partial charge on any atom is -0.363 e. The molecule has 7 heteroatoms. The summed E-state index contributed by atoms with van der Waals surface area (Å²) in [6.45, 7) is 2.98. The number of amidine groups is 1. The monoisotopic (exact) mass is 359 g/mol. The van der Waals surface area contributed by atoms with Gasteiger partial charge in [-0.1, -0.05) is 18.2 Å². The number of benzene rings is 2. The zero-order valence-corrected chi connectivity index (χ0v) is 14.6. The number of halogens is 1. The Balaban J connectivity index is 1.70. The summed E-state index contributed by atoms with van der Waals surface area (Å²) in [5.74, 6) is 0.150. The third kappa shape index (κ3) is 2.78. The van der Waals surface area contributed by atoms with E-state index >= 15 is 0 Å². The number of aryl methyl sites for hydroxylation is 1. The number of sulfonamides is 1. The highest BCUT2D eigenvalue weighted by Crippen LogP contribution is 2.33. The molecular formula is C18H18FN3O2S. The Morgan fingerprint density at radius 2 is 2.04 bits per heavy atom. The number of nitrogens with zero attached hydrogens (tertiary/aromatic N) is 2. The van der Waals surface area contributed by atoms with E-state index in [9.17, 15) is 12.8 Å². The number of anilines is 2. The van der Waals surface area contributed by atoms with Gasteiger partial charge >= 0.3 is 0 Å². The van der Waals surface area contributed by atoms with E-state index in [1.807, 2.05) is 11.8 Å². The van der Waals surface area contributed by atoms with E-state index in [-0.39, 0.29) is 10.7 Å². The van der Waals surface area contributed by atoms with Crippen LogP contribution in [0.2, 0.25) is 0 Å². The second-order valence-corrected chi connectivity index (χ2v) is 7.92. The lowest BCUT2D eigenvalue weighted by molar-refractivity contribution is 0.590. The molecule has 130 valence electrons. The molecule has 0 saturated carbocycles. The van der Waals surface area contributed by atoms with Gasteiger partial charge in [-0.2, -0.15) is 8.42 Å². The summed E-state index contributed by atoms with van der Waals surface area (Å²) in [7, 11) is -3.71. The van der Waals surface area contributed by atoms with Gasteiger partial charge in [0, 0.05) is 17.8 Å². The van der Waals surface area contributed by atoms with Crippen LogP contribution in [0.3, 0.4) is 0 Å². The van der Waals surface area contributed by atoms with Crippen LogP contribution in [0.4, 0.5) is 15.8 Å². The van der Waals surface area contributed by atoms with Crippen LogP contribution < -0.4 is 10.2 Å². The Bertz CT molecular complexity index is 986. The fraction of sp³-hybridized carbons (Fsp3) is 0.278. The Hall–Kier alpha value is -2.41. The lowest BCUT2D eigenvalue weighted by Crippen LogP contribution is -2.39. The highest BCUT2D eigenvalue weighted by Gasteiger charge is 2.28. The molecule has 0 amide bonds. The fourth-order valence-corrected chi connectivity index (χ4v) is 4.68. The van der Waals surface area contributed by atoms with E-state index in [1.54, 1.807) is 24.3 Å². The van der Waals surface area contributed by atoms with Gasteiger partial charge in [-0.25, -0.2) is 4.39 Å². The molecule has 0 saturated heterocycles. The SMILES string of the molecule is Cc1ccc(F)c2c1N(CC1=NS(=O)(=O)c3ccccc3N1)CCC2. The second-order valence-electron chi connectivity index (χ2n) is 6.35. The van der Waals surface area contributed by atoms with E-state index in [2.05, 4.69) is 9.71 Å². The smallest absolute Gasteiger partial charge is 0.286 e. The van der Waals surface area contributed by atoms with Crippen LogP contribution in [0, 0.1) is 12.7 Å². The summed E-state index contributed by atoms with van der Waals surface area (Å²) in [5, 5.41) is 3.10. The molecule has 4 rings (SSSR count). The van der Waals surface area contributed by atoms with Crippen molar-refractivity contribution in [3.05, 3.63) is 53.3 Å². The van der Waals surface area contributed by atoms with Crippen molar-refractivity contribution in [2.24, 2.45) is 4.40 Å². The first-order chi connectivity index (χ1) is 12.0. The predicted molar refractivity (Wildman–Crippen MR) is 96.4 cm³/mol. The highest BCUT2D eigenvalue weighted by molar-refractivity contribution is 7.90. The van der Waals surface area contributed by atoms with Crippen molar-refractivity contribution < 1.29 is 12.8 Å². The minimum atomic E-state index is -3.71. The molecule has 25 heavy (non-hydrogen) atoms. The number of nitrogens with one attached hydrogen (secondary N) is 1. The zero-order chi connectivity index (χ0) is 17.6. The highest BCUT2D eigenvalue weighted by atomic mass is 32.2. The van der Waals surface area contributed by atoms with Gasteiger partial charge in [-0.05, 0) is 43.5 Å². The molecule has 1 N–H and O–H groups in total. The number of para-hydroxylation sites is 1. The van der Waals surface area contributed by atoms with Gasteiger partial charge in [-0.15, -0.1) is 4.40 Å². The van der Waals surface area contributed by atoms with E-state index in [1.165, 1.54) is 12.1 Å². The molecule has 2 aromatic rings. The summed E-state index contributed by atoms with van der Waals surface area (Å²) in [6.07, 6.45) is 1.52. The topological polar surface area (TPSA) is 61.8 Å². The molecule has 0 aromatic heterocycles. The maximum absolute atomic E-state index is 14.2. The van der Waals surface area contributed by atoms with Crippen LogP contribution in [0.5, 0.6) is 0 Å². The molecule has 5 nitrogen and oxygen atoms in total. The first kappa shape index (κ1) is 16.1. The van der Waals surface area contributed by atoms with Gasteiger partial charge in [-0.3, -0.25) is 0 Å². The van der Waals surface area contributed by atoms with Crippen molar-refractivity contribution in [3.63, 3.8) is 0 Å². The van der Waals surface area contributed by atoms with Gasteiger partial charge in [0.1, 0.15) is 16.5 Å². The third-order valence-corrected chi connectivity index (χ3v) is 5.99. The second kappa shape index (κ2) is 5.84. The molecule has 0 unspecified atom stereocenters. The fourth-order valence-electron chi connectivity index (χ4n) is 3.54. The largest absolute Gasteiger partial charge is 0.363 e. The van der Waals surface area contributed by atoms with Crippen LogP contribution in [0.1, 0.15) is 17.5 Å². The first-order valence-corrected chi connectivity index (χ1v) is 9.62. The van der Waals surface area contributed by atoms with Gasteiger partial charge in [0.15, 0.2) is 0 Å². The molecule has 2 heterocycles. The first-order valence-electron chi connectivity index (χ1n) is 8.18. The lowest BCUT2D eigenvalue weighted by Gasteiger charge is -2.34. The van der Waals surface area contributed by atoms with Crippen LogP contribution in [0.25, 0.3) is 0 Å². The molecule has 2 aromatic carbocycles. The molecule has 0 radical (unpaired) electrons. The molecule has 2 aliphatic rings. The summed E-state index contributed by atoms with van der Waals surface area (Å²) in [5.41, 5.74) is 3.06. The van der Waals surface area contributed by atoms with Crippen molar-refractivity contribution in [1.29, 1.82) is 0 Å². The van der Waals surface area contributed by atoms with E-state index in [0.717, 1.165) is 24.2 Å². The lowest BCUT2D eigenvalue weighted by atomic mass is 9.97. The van der Waals surface area contributed by atoms with Crippen LogP contribution in [-0.2, 0) is 16.4 Å². The summed E-state index contributed by atoms with van der Waals surface area (Å²) in [6, 6.07) is 9.96. The molecule has 0 aliphatic carbocycles. The maximum Gasteiger partial charge on any atom is 0.286 e. The van der Waals surface area contributed by atoms with E-state index in [4.69, 9.17) is 0 Å². The van der Waals surface area contributed by atoms with Crippen molar-refractivity contribution in [1.82, 2.24) is 0 Å². The Kier molecular flexibility index (Phi) is 3.76. The van der Waals surface area contributed by atoms with Gasteiger partial charge < -0.3 is 10.2 Å². The summed E-state index contributed by atoms with van der Waals surface area (Å²) in [4.78, 5) is 2.19. The standard InChI is InChI=1S/C18H18FN3O2S/c1-12-8-9-14(19)13-5-4-10-22(18(12)13)11-17-20-15-6-2-3-7-16(15)25(23,24)21-17/h2-3,6-9H,4-5,10-11H2,1H3,(H,20,21). The number of hydrogen-bond acceptors (Lipinski definition) is 4. The molecule has 0 fully saturated rings. The van der Waals surface area contributed by atoms with Crippen LogP contribution in [0.15, 0.2) is 45.7 Å². The van der Waals surface area contributed by atoms with Crippen molar-refractivity contribution >= 4 is 27.2 Å². The molecule has 2 aliphatic heterocycles. The Morgan fingerprint density at radius 1 is 1.24 bits per heavy atom. The van der Waals surface area contributed by atoms with Gasteiger partial charge in [0.05, 0.1) is 12.2 Å². The number of fused-ring (bicyclic) bond motifs is 2. The van der Waals surface area contributed by atoms with E-state index in [0.29, 0.717) is 30.1 Å². The van der Waals surface area contributed by atoms with Crippen LogP contribution in [-0.4, -0.2) is 27.3 Å². The molecule has 0 spiro atoms. The van der Waals surface area contributed by atoms with Crippen molar-refractivity contribution in [3.8, 4) is 0 Å². The van der Waals surface area contributed by atoms with Gasteiger partial charge in [0.25, 0.3) is 10.0 Å². The number of hydrogen-bond donors (Lipinski definition) is 1. The molecular weight excluding hydrogens is 341 g/mol. The van der Waals surface area contributed by atoms with E-state index < -0.39 is 10.0 Å². The summed E-state index contributed by atoms with van der Waals surface area (Å²) < 4.78 is 42.8. The Morgan fingerprint density at radius 3 is 2.88 bits per heavy atom. The predicted octanol–water partition coefficient (Wildman–Crippen LogP) is 3.10. The average Bonchev–Trinajstić information content (AvgIpc) is 2.58. The quantitative estimate of drug-likeness (QED) is 0.895. The molecule has 0 atom stereocenters. The van der Waals surface area contributed by atoms with Crippen LogP contribution >= 0.6 is 0 Å². The zero-order valence-electron chi connectivity index (χ0n) is 13.8. The third-order valence-electron chi connectivity index (χ3n) is 4.61. The molecule has 0 bridgehead atoms. The van der Waals surface area contributed by atoms with Crippen molar-refractivity contribution in [2.45, 2.75) is 24.7 Å². The maximum atomic E-state index is 14.2. The normalized spacial score (nSPS) is 18.0.